The molecule has 0 spiro atoms. The summed E-state index contributed by atoms with van der Waals surface area (Å²) in [5.41, 5.74) is 1.43. The van der Waals surface area contributed by atoms with Crippen molar-refractivity contribution in [2.45, 2.75) is 26.4 Å². The number of alkyl halides is 2. The number of hydrogen-bond donors (Lipinski definition) is 1. The summed E-state index contributed by atoms with van der Waals surface area (Å²) >= 11 is 6.20. The number of amides is 1. The van der Waals surface area contributed by atoms with Gasteiger partial charge in [0.15, 0.2) is 17.2 Å². The lowest BCUT2D eigenvalue weighted by Gasteiger charge is -2.07. The molecule has 4 aromatic heterocycles. The second-order valence-corrected chi connectivity index (χ2v) is 8.26. The van der Waals surface area contributed by atoms with E-state index in [1.807, 2.05) is 18.2 Å². The second kappa shape index (κ2) is 9.30. The van der Waals surface area contributed by atoms with Crippen LogP contribution in [-0.4, -0.2) is 30.5 Å². The number of pyridine rings is 1. The van der Waals surface area contributed by atoms with Crippen molar-refractivity contribution < 1.29 is 18.0 Å². The number of benzene rings is 1. The lowest BCUT2D eigenvalue weighted by atomic mass is 10.1. The van der Waals surface area contributed by atoms with Gasteiger partial charge in [0, 0.05) is 22.8 Å². The van der Waals surface area contributed by atoms with Gasteiger partial charge in [-0.1, -0.05) is 29.8 Å². The number of carbonyl (C=O) groups is 1. The normalized spacial score (nSPS) is 11.5. The standard InChI is InChI=1S/C24H19ClF2N6O2/c1-14-22-16(23(26)27)11-18(19-7-4-10-35-19)28-24(22)33(30-14)13-21(34)29-20-8-9-32(31-20)12-15-5-2-3-6-17(15)25/h2-11,23H,12-13H2,1H3,(H,29,31,34). The Labute approximate surface area is 203 Å². The minimum absolute atomic E-state index is 0.172. The molecule has 1 aromatic carbocycles. The number of nitrogens with one attached hydrogen (secondary N) is 1. The number of furan rings is 1. The van der Waals surface area contributed by atoms with E-state index in [1.54, 1.807) is 42.1 Å². The minimum atomic E-state index is -2.75. The van der Waals surface area contributed by atoms with E-state index in [0.717, 1.165) is 5.56 Å². The molecule has 5 rings (SSSR count). The van der Waals surface area contributed by atoms with Crippen LogP contribution in [0.15, 0.2) is 65.4 Å². The van der Waals surface area contributed by atoms with Crippen LogP contribution in [0.3, 0.4) is 0 Å². The first-order valence-electron chi connectivity index (χ1n) is 10.7. The van der Waals surface area contributed by atoms with E-state index < -0.39 is 12.3 Å². The van der Waals surface area contributed by atoms with Crippen LogP contribution in [0.2, 0.25) is 5.02 Å². The summed E-state index contributed by atoms with van der Waals surface area (Å²) < 4.78 is 36.0. The average Bonchev–Trinajstić information content (AvgIpc) is 3.57. The third kappa shape index (κ3) is 4.65. The van der Waals surface area contributed by atoms with Crippen LogP contribution in [0, 0.1) is 6.92 Å². The zero-order chi connectivity index (χ0) is 24.5. The van der Waals surface area contributed by atoms with Gasteiger partial charge >= 0.3 is 0 Å². The molecule has 0 bridgehead atoms. The van der Waals surface area contributed by atoms with E-state index in [-0.39, 0.29) is 28.8 Å². The second-order valence-electron chi connectivity index (χ2n) is 7.85. The predicted octanol–water partition coefficient (Wildman–Crippen LogP) is 5.47. The number of nitrogens with zero attached hydrogens (tertiary/aromatic N) is 5. The van der Waals surface area contributed by atoms with Crippen molar-refractivity contribution in [2.24, 2.45) is 0 Å². The highest BCUT2D eigenvalue weighted by atomic mass is 35.5. The number of anilines is 1. The highest BCUT2D eigenvalue weighted by molar-refractivity contribution is 6.31. The number of halogens is 3. The summed E-state index contributed by atoms with van der Waals surface area (Å²) in [5, 5.41) is 12.2. The Morgan fingerprint density at radius 2 is 2.00 bits per heavy atom. The van der Waals surface area contributed by atoms with Crippen molar-refractivity contribution in [1.29, 1.82) is 0 Å². The van der Waals surface area contributed by atoms with Gasteiger partial charge in [0.1, 0.15) is 12.2 Å². The maximum atomic E-state index is 13.8. The molecule has 0 aliphatic heterocycles. The zero-order valence-corrected chi connectivity index (χ0v) is 19.2. The molecule has 11 heteroatoms. The fourth-order valence-electron chi connectivity index (χ4n) is 3.86. The predicted molar refractivity (Wildman–Crippen MR) is 126 cm³/mol. The lowest BCUT2D eigenvalue weighted by Crippen LogP contribution is -2.20. The van der Waals surface area contributed by atoms with Gasteiger partial charge in [0.05, 0.1) is 23.9 Å². The van der Waals surface area contributed by atoms with Gasteiger partial charge in [-0.3, -0.25) is 9.48 Å². The molecule has 1 amide bonds. The van der Waals surface area contributed by atoms with Crippen molar-refractivity contribution in [3.63, 3.8) is 0 Å². The van der Waals surface area contributed by atoms with Gasteiger partial charge < -0.3 is 9.73 Å². The first-order chi connectivity index (χ1) is 16.9. The van der Waals surface area contributed by atoms with Crippen LogP contribution in [0.4, 0.5) is 14.6 Å². The van der Waals surface area contributed by atoms with Crippen LogP contribution in [0.5, 0.6) is 0 Å². The number of fused-ring (bicyclic) bond motifs is 1. The van der Waals surface area contributed by atoms with Crippen molar-refractivity contribution >= 4 is 34.4 Å². The summed E-state index contributed by atoms with van der Waals surface area (Å²) in [6, 6.07) is 13.6. The Kier molecular flexibility index (Phi) is 6.04. The van der Waals surface area contributed by atoms with Crippen molar-refractivity contribution in [1.82, 2.24) is 24.5 Å². The molecular weight excluding hydrogens is 478 g/mol. The molecule has 8 nitrogen and oxygen atoms in total. The van der Waals surface area contributed by atoms with E-state index in [1.165, 1.54) is 17.0 Å². The van der Waals surface area contributed by atoms with Crippen LogP contribution in [0.25, 0.3) is 22.5 Å². The molecule has 0 saturated carbocycles. The van der Waals surface area contributed by atoms with Crippen LogP contribution in [0.1, 0.15) is 23.2 Å². The zero-order valence-electron chi connectivity index (χ0n) is 18.5. The Hall–Kier alpha value is -4.05. The summed E-state index contributed by atoms with van der Waals surface area (Å²) in [6.45, 7) is 1.81. The van der Waals surface area contributed by atoms with Gasteiger partial charge in [-0.15, -0.1) is 0 Å². The Balaban J connectivity index is 1.38. The van der Waals surface area contributed by atoms with Gasteiger partial charge in [0.25, 0.3) is 6.43 Å². The number of aryl methyl sites for hydroxylation is 1. The van der Waals surface area contributed by atoms with Crippen LogP contribution >= 0.6 is 11.6 Å². The van der Waals surface area contributed by atoms with Gasteiger partial charge in [-0.2, -0.15) is 10.2 Å². The third-order valence-corrected chi connectivity index (χ3v) is 5.78. The number of aromatic nitrogens is 5. The number of carbonyl (C=O) groups excluding carboxylic acids is 1. The van der Waals surface area contributed by atoms with E-state index >= 15 is 0 Å². The molecule has 0 saturated heterocycles. The highest BCUT2D eigenvalue weighted by Gasteiger charge is 2.22. The smallest absolute Gasteiger partial charge is 0.264 e. The minimum Gasteiger partial charge on any atom is -0.463 e. The first kappa shape index (κ1) is 22.7. The van der Waals surface area contributed by atoms with E-state index in [9.17, 15) is 13.6 Å². The molecule has 0 unspecified atom stereocenters. The maximum Gasteiger partial charge on any atom is 0.264 e. The lowest BCUT2D eigenvalue weighted by molar-refractivity contribution is -0.116. The van der Waals surface area contributed by atoms with Crippen molar-refractivity contribution in [3.8, 4) is 11.5 Å². The highest BCUT2D eigenvalue weighted by Crippen LogP contribution is 2.33. The fourth-order valence-corrected chi connectivity index (χ4v) is 4.05. The van der Waals surface area contributed by atoms with Crippen molar-refractivity contribution in [2.75, 3.05) is 5.32 Å². The molecule has 0 radical (unpaired) electrons. The first-order valence-corrected chi connectivity index (χ1v) is 11.0. The number of hydrogen-bond acceptors (Lipinski definition) is 5. The summed E-state index contributed by atoms with van der Waals surface area (Å²) in [5.74, 6) is 0.252. The maximum absolute atomic E-state index is 13.8. The Morgan fingerprint density at radius 3 is 2.74 bits per heavy atom. The number of rotatable bonds is 7. The van der Waals surface area contributed by atoms with E-state index in [0.29, 0.717) is 28.8 Å². The van der Waals surface area contributed by atoms with Gasteiger partial charge in [0.2, 0.25) is 5.91 Å². The molecule has 0 aliphatic rings. The average molecular weight is 497 g/mol. The third-order valence-electron chi connectivity index (χ3n) is 5.41. The van der Waals surface area contributed by atoms with Gasteiger partial charge in [-0.25, -0.2) is 18.4 Å². The van der Waals surface area contributed by atoms with E-state index in [4.69, 9.17) is 16.0 Å². The molecule has 1 N–H and O–H groups in total. The molecule has 178 valence electrons. The molecule has 35 heavy (non-hydrogen) atoms. The Bertz CT molecular complexity index is 1510. The molecule has 0 atom stereocenters. The summed E-state index contributed by atoms with van der Waals surface area (Å²) in [7, 11) is 0. The monoisotopic (exact) mass is 496 g/mol. The molecule has 4 heterocycles. The van der Waals surface area contributed by atoms with E-state index in [2.05, 4.69) is 20.5 Å². The quantitative estimate of drug-likeness (QED) is 0.322. The summed E-state index contributed by atoms with van der Waals surface area (Å²) in [4.78, 5) is 17.2. The molecule has 0 fully saturated rings. The SMILES string of the molecule is Cc1nn(CC(=O)Nc2ccn(Cc3ccccc3Cl)n2)c2nc(-c3ccco3)cc(C(F)F)c12. The van der Waals surface area contributed by atoms with Gasteiger partial charge in [-0.05, 0) is 36.8 Å². The molecule has 0 aliphatic carbocycles. The van der Waals surface area contributed by atoms with Crippen molar-refractivity contribution in [3.05, 3.63) is 82.8 Å². The molecule has 5 aromatic rings. The molecular formula is C24H19ClF2N6O2. The van der Waals surface area contributed by atoms with Crippen LogP contribution in [-0.2, 0) is 17.9 Å². The fraction of sp³-hybridized carbons (Fsp3) is 0.167. The Morgan fingerprint density at radius 1 is 1.17 bits per heavy atom. The topological polar surface area (TPSA) is 90.8 Å². The summed E-state index contributed by atoms with van der Waals surface area (Å²) in [6.07, 6.45) is 0.407. The largest absolute Gasteiger partial charge is 0.463 e. The van der Waals surface area contributed by atoms with Crippen LogP contribution < -0.4 is 5.32 Å².